The summed E-state index contributed by atoms with van der Waals surface area (Å²) in [7, 11) is 0. The van der Waals surface area contributed by atoms with E-state index in [1.54, 1.807) is 41.7 Å². The molecule has 0 spiro atoms. The van der Waals surface area contributed by atoms with E-state index in [1.807, 2.05) is 66.7 Å². The fraction of sp³-hybridized carbons (Fsp3) is 0.103. The van der Waals surface area contributed by atoms with Gasteiger partial charge in [0, 0.05) is 34.5 Å². The molecule has 0 bridgehead atoms. The van der Waals surface area contributed by atoms with Crippen molar-refractivity contribution in [1.82, 2.24) is 9.99 Å². The van der Waals surface area contributed by atoms with Gasteiger partial charge < -0.3 is 10.1 Å². The number of aromatic nitrogens is 1. The Morgan fingerprint density at radius 1 is 0.919 bits per heavy atom. The Morgan fingerprint density at radius 3 is 2.32 bits per heavy atom. The first-order valence-electron chi connectivity index (χ1n) is 11.7. The van der Waals surface area contributed by atoms with Crippen LogP contribution in [-0.4, -0.2) is 34.1 Å². The highest BCUT2D eigenvalue weighted by molar-refractivity contribution is 9.10. The second kappa shape index (κ2) is 11.2. The minimum atomic E-state index is -0.248. The van der Waals surface area contributed by atoms with Gasteiger partial charge in [0.1, 0.15) is 5.75 Å². The number of hydrogen-bond acceptors (Lipinski definition) is 5. The number of halogens is 1. The Labute approximate surface area is 222 Å². The van der Waals surface area contributed by atoms with Crippen LogP contribution in [0.25, 0.3) is 0 Å². The summed E-state index contributed by atoms with van der Waals surface area (Å²) in [6.07, 6.45) is 3.78. The topological polar surface area (TPSA) is 83.9 Å². The molecule has 2 heterocycles. The number of nitrogens with zero attached hydrogens (tertiary/aromatic N) is 3. The molecule has 0 fully saturated rings. The van der Waals surface area contributed by atoms with E-state index >= 15 is 0 Å². The molecule has 1 aliphatic heterocycles. The van der Waals surface area contributed by atoms with E-state index in [1.165, 1.54) is 0 Å². The predicted octanol–water partition coefficient (Wildman–Crippen LogP) is 5.85. The zero-order valence-corrected chi connectivity index (χ0v) is 21.3. The SMILES string of the molecule is O=C(COc1ccc(C2=NN(C(=O)c3ccncc3)C(c3ccccc3)C2)cc1)Nc1ccc(Br)cc1. The average molecular weight is 555 g/mol. The van der Waals surface area contributed by atoms with Crippen LogP contribution in [0.5, 0.6) is 5.75 Å². The van der Waals surface area contributed by atoms with Crippen molar-refractivity contribution in [2.75, 3.05) is 11.9 Å². The van der Waals surface area contributed by atoms with Gasteiger partial charge in [0.15, 0.2) is 6.61 Å². The van der Waals surface area contributed by atoms with Crippen molar-refractivity contribution in [2.45, 2.75) is 12.5 Å². The van der Waals surface area contributed by atoms with Gasteiger partial charge in [-0.3, -0.25) is 14.6 Å². The maximum Gasteiger partial charge on any atom is 0.274 e. The molecule has 2 amide bonds. The Bertz CT molecular complexity index is 1410. The van der Waals surface area contributed by atoms with Gasteiger partial charge in [-0.15, -0.1) is 0 Å². The first-order chi connectivity index (χ1) is 18.1. The highest BCUT2D eigenvalue weighted by atomic mass is 79.9. The lowest BCUT2D eigenvalue weighted by molar-refractivity contribution is -0.118. The highest BCUT2D eigenvalue weighted by Crippen LogP contribution is 2.34. The van der Waals surface area contributed by atoms with Crippen LogP contribution in [-0.2, 0) is 4.79 Å². The van der Waals surface area contributed by atoms with E-state index in [9.17, 15) is 9.59 Å². The maximum absolute atomic E-state index is 13.3. The number of carbonyl (C=O) groups excluding carboxylic acids is 2. The predicted molar refractivity (Wildman–Crippen MR) is 145 cm³/mol. The fourth-order valence-corrected chi connectivity index (χ4v) is 4.32. The molecule has 1 N–H and O–H groups in total. The van der Waals surface area contributed by atoms with Gasteiger partial charge in [-0.2, -0.15) is 5.10 Å². The van der Waals surface area contributed by atoms with Gasteiger partial charge in [-0.05, 0) is 71.8 Å². The molecule has 0 saturated heterocycles. The summed E-state index contributed by atoms with van der Waals surface area (Å²) in [4.78, 5) is 29.5. The molecule has 8 heteroatoms. The molecule has 4 aromatic rings. The highest BCUT2D eigenvalue weighted by Gasteiger charge is 2.33. The Morgan fingerprint density at radius 2 is 1.62 bits per heavy atom. The van der Waals surface area contributed by atoms with Crippen LogP contribution in [0, 0.1) is 0 Å². The van der Waals surface area contributed by atoms with Gasteiger partial charge in [0.25, 0.3) is 11.8 Å². The average Bonchev–Trinajstić information content (AvgIpc) is 3.40. The molecule has 0 aliphatic carbocycles. The van der Waals surface area contributed by atoms with Crippen LogP contribution in [0.4, 0.5) is 5.69 Å². The van der Waals surface area contributed by atoms with E-state index in [-0.39, 0.29) is 24.5 Å². The van der Waals surface area contributed by atoms with Crippen LogP contribution in [0.1, 0.15) is 33.9 Å². The molecule has 184 valence electrons. The third-order valence-corrected chi connectivity index (χ3v) is 6.44. The zero-order chi connectivity index (χ0) is 25.6. The van der Waals surface area contributed by atoms with Crippen molar-refractivity contribution in [3.63, 3.8) is 0 Å². The van der Waals surface area contributed by atoms with E-state index in [0.717, 1.165) is 21.3 Å². The molecule has 1 aromatic heterocycles. The standard InChI is InChI=1S/C29H23BrN4O3/c30-23-8-10-24(11-9-23)32-28(35)19-37-25-12-6-20(7-13-25)26-18-27(21-4-2-1-3-5-21)34(33-26)29(36)22-14-16-31-17-15-22/h1-17,27H,18-19H2,(H,32,35). The lowest BCUT2D eigenvalue weighted by Crippen LogP contribution is -2.27. The molecule has 3 aromatic carbocycles. The Balaban J connectivity index is 1.28. The molecule has 1 unspecified atom stereocenters. The summed E-state index contributed by atoms with van der Waals surface area (Å²) < 4.78 is 6.60. The van der Waals surface area contributed by atoms with Crippen molar-refractivity contribution in [2.24, 2.45) is 5.10 Å². The number of ether oxygens (including phenoxy) is 1. The molecule has 1 atom stereocenters. The van der Waals surface area contributed by atoms with E-state index in [4.69, 9.17) is 9.84 Å². The first-order valence-corrected chi connectivity index (χ1v) is 12.5. The lowest BCUT2D eigenvalue weighted by Gasteiger charge is -2.22. The smallest absolute Gasteiger partial charge is 0.274 e. The molecule has 1 aliphatic rings. The largest absolute Gasteiger partial charge is 0.484 e. The Hall–Kier alpha value is -4.30. The van der Waals surface area contributed by atoms with Gasteiger partial charge in [0.05, 0.1) is 11.8 Å². The number of pyridine rings is 1. The number of amides is 2. The maximum atomic E-state index is 13.3. The lowest BCUT2D eigenvalue weighted by atomic mass is 9.98. The summed E-state index contributed by atoms with van der Waals surface area (Å²) in [5.74, 6) is 0.142. The number of hydrazone groups is 1. The quantitative estimate of drug-likeness (QED) is 0.310. The summed E-state index contributed by atoms with van der Waals surface area (Å²) >= 11 is 3.37. The van der Waals surface area contributed by atoms with Crippen LogP contribution >= 0.6 is 15.9 Å². The fourth-order valence-electron chi connectivity index (χ4n) is 4.06. The van der Waals surface area contributed by atoms with E-state index < -0.39 is 0 Å². The zero-order valence-electron chi connectivity index (χ0n) is 19.8. The van der Waals surface area contributed by atoms with Crippen molar-refractivity contribution in [3.05, 3.63) is 125 Å². The number of hydrogen-bond donors (Lipinski definition) is 1. The van der Waals surface area contributed by atoms with Gasteiger partial charge in [-0.1, -0.05) is 46.3 Å². The van der Waals surface area contributed by atoms with Crippen LogP contribution in [0.3, 0.4) is 0 Å². The van der Waals surface area contributed by atoms with Gasteiger partial charge in [-0.25, -0.2) is 5.01 Å². The minimum Gasteiger partial charge on any atom is -0.484 e. The van der Waals surface area contributed by atoms with Crippen molar-refractivity contribution >= 4 is 39.1 Å². The molecular formula is C29H23BrN4O3. The molecule has 0 radical (unpaired) electrons. The summed E-state index contributed by atoms with van der Waals surface area (Å²) in [5, 5.41) is 9.07. The number of anilines is 1. The summed E-state index contributed by atoms with van der Waals surface area (Å²) in [5.41, 5.74) is 3.94. The molecule has 0 saturated carbocycles. The normalized spacial score (nSPS) is 14.7. The number of rotatable bonds is 7. The van der Waals surface area contributed by atoms with Gasteiger partial charge in [0.2, 0.25) is 0 Å². The third-order valence-electron chi connectivity index (χ3n) is 5.92. The summed E-state index contributed by atoms with van der Waals surface area (Å²) in [6, 6.07) is 27.8. The van der Waals surface area contributed by atoms with Crippen LogP contribution in [0.15, 0.2) is 113 Å². The van der Waals surface area contributed by atoms with E-state index in [2.05, 4.69) is 26.2 Å². The van der Waals surface area contributed by atoms with Crippen molar-refractivity contribution in [3.8, 4) is 5.75 Å². The molecular weight excluding hydrogens is 532 g/mol. The van der Waals surface area contributed by atoms with Crippen LogP contribution in [0.2, 0.25) is 0 Å². The number of carbonyl (C=O) groups is 2. The first kappa shape index (κ1) is 24.4. The van der Waals surface area contributed by atoms with Gasteiger partial charge >= 0.3 is 0 Å². The summed E-state index contributed by atoms with van der Waals surface area (Å²) in [6.45, 7) is -0.110. The van der Waals surface area contributed by atoms with Crippen LogP contribution < -0.4 is 10.1 Å². The van der Waals surface area contributed by atoms with Crippen molar-refractivity contribution in [1.29, 1.82) is 0 Å². The van der Waals surface area contributed by atoms with E-state index in [0.29, 0.717) is 23.4 Å². The Kier molecular flexibility index (Phi) is 7.37. The second-order valence-corrected chi connectivity index (χ2v) is 9.35. The number of benzene rings is 3. The molecule has 37 heavy (non-hydrogen) atoms. The third kappa shape index (κ3) is 5.92. The second-order valence-electron chi connectivity index (χ2n) is 8.43. The molecule has 5 rings (SSSR count). The molecule has 7 nitrogen and oxygen atoms in total. The minimum absolute atomic E-state index is 0.110. The number of nitrogens with one attached hydrogen (secondary N) is 1. The monoisotopic (exact) mass is 554 g/mol. The van der Waals surface area contributed by atoms with Crippen molar-refractivity contribution < 1.29 is 14.3 Å².